The van der Waals surface area contributed by atoms with Crippen LogP contribution in [0.5, 0.6) is 0 Å². The van der Waals surface area contributed by atoms with Gasteiger partial charge >= 0.3 is 5.97 Å². The summed E-state index contributed by atoms with van der Waals surface area (Å²) < 4.78 is 4.91. The van der Waals surface area contributed by atoms with Gasteiger partial charge in [-0.2, -0.15) is 0 Å². The molecule has 0 atom stereocenters. The Hall–Kier alpha value is -2.07. The maximum atomic E-state index is 12.3. The number of ketones is 1. The van der Waals surface area contributed by atoms with Crippen LogP contribution in [-0.4, -0.2) is 25.4 Å². The second-order valence-corrected chi connectivity index (χ2v) is 4.60. The van der Waals surface area contributed by atoms with Crippen molar-refractivity contribution in [2.45, 2.75) is 13.8 Å². The van der Waals surface area contributed by atoms with Crippen molar-refractivity contribution in [2.24, 2.45) is 0 Å². The second kappa shape index (κ2) is 8.27. The number of esters is 1. The first kappa shape index (κ1) is 17.0. The van der Waals surface area contributed by atoms with E-state index in [-0.39, 0.29) is 17.2 Å². The third-order valence-electron chi connectivity index (χ3n) is 2.78. The summed E-state index contributed by atoms with van der Waals surface area (Å²) in [6, 6.07) is 9.05. The molecule has 0 bridgehead atoms. The summed E-state index contributed by atoms with van der Waals surface area (Å²) in [7, 11) is 1.63. The molecule has 1 aromatic rings. The van der Waals surface area contributed by atoms with E-state index in [1.165, 1.54) is 6.08 Å². The minimum Gasteiger partial charge on any atom is -0.462 e. The molecule has 0 aromatic heterocycles. The van der Waals surface area contributed by atoms with Gasteiger partial charge in [0.2, 0.25) is 0 Å². The summed E-state index contributed by atoms with van der Waals surface area (Å²) in [4.78, 5) is 24.2. The van der Waals surface area contributed by atoms with Crippen LogP contribution >= 0.6 is 11.6 Å². The molecular weight excluding hydrogens is 290 g/mol. The predicted molar refractivity (Wildman–Crippen MR) is 83.7 cm³/mol. The Balaban J connectivity index is 3.11. The number of allylic oxidation sites excluding steroid dienone is 2. The molecule has 4 nitrogen and oxygen atoms in total. The van der Waals surface area contributed by atoms with Gasteiger partial charge < -0.3 is 10.1 Å². The summed E-state index contributed by atoms with van der Waals surface area (Å²) in [6.07, 6.45) is 1.23. The fourth-order valence-corrected chi connectivity index (χ4v) is 1.86. The Morgan fingerprint density at radius 3 is 2.43 bits per heavy atom. The normalized spacial score (nSPS) is 12.5. The summed E-state index contributed by atoms with van der Waals surface area (Å²) in [5, 5.41) is 3.05. The zero-order valence-electron chi connectivity index (χ0n) is 12.3. The molecular formula is C16H18ClNO3. The van der Waals surface area contributed by atoms with Gasteiger partial charge in [-0.3, -0.25) is 4.79 Å². The minimum atomic E-state index is -0.664. The van der Waals surface area contributed by atoms with Crippen LogP contribution in [0.25, 0.3) is 5.03 Å². The summed E-state index contributed by atoms with van der Waals surface area (Å²) in [5.41, 5.74) is 1.10. The van der Waals surface area contributed by atoms with E-state index in [9.17, 15) is 9.59 Å². The minimum absolute atomic E-state index is 0.0477. The number of carbonyl (C=O) groups excluding carboxylic acids is 2. The van der Waals surface area contributed by atoms with Crippen molar-refractivity contribution >= 4 is 28.4 Å². The molecule has 0 radical (unpaired) electrons. The maximum Gasteiger partial charge on any atom is 0.343 e. The summed E-state index contributed by atoms with van der Waals surface area (Å²) in [5.74, 6) is -1.16. The van der Waals surface area contributed by atoms with Crippen molar-refractivity contribution < 1.29 is 14.3 Å². The smallest absolute Gasteiger partial charge is 0.343 e. The largest absolute Gasteiger partial charge is 0.462 e. The molecule has 1 rings (SSSR count). The average molecular weight is 308 g/mol. The number of hydrogen-bond donors (Lipinski definition) is 1. The Morgan fingerprint density at radius 1 is 1.29 bits per heavy atom. The van der Waals surface area contributed by atoms with Gasteiger partial charge in [-0.1, -0.05) is 41.9 Å². The number of nitrogens with one attached hydrogen (secondary N) is 1. The van der Waals surface area contributed by atoms with Gasteiger partial charge in [-0.15, -0.1) is 0 Å². The number of benzene rings is 1. The number of rotatable bonds is 6. The summed E-state index contributed by atoms with van der Waals surface area (Å²) >= 11 is 6.12. The molecule has 0 spiro atoms. The monoisotopic (exact) mass is 307 g/mol. The van der Waals surface area contributed by atoms with Crippen LogP contribution in [0.3, 0.4) is 0 Å². The topological polar surface area (TPSA) is 55.4 Å². The highest BCUT2D eigenvalue weighted by atomic mass is 35.5. The molecule has 0 aliphatic rings. The number of hydrogen-bond acceptors (Lipinski definition) is 4. The van der Waals surface area contributed by atoms with Crippen molar-refractivity contribution in [1.82, 2.24) is 5.32 Å². The zero-order valence-corrected chi connectivity index (χ0v) is 13.0. The fourth-order valence-electron chi connectivity index (χ4n) is 1.63. The van der Waals surface area contributed by atoms with Crippen molar-refractivity contribution in [3.63, 3.8) is 0 Å². The van der Waals surface area contributed by atoms with Gasteiger partial charge in [-0.25, -0.2) is 4.79 Å². The van der Waals surface area contributed by atoms with Crippen LogP contribution in [0.15, 0.2) is 47.7 Å². The second-order valence-electron chi connectivity index (χ2n) is 4.19. The molecule has 0 saturated carbocycles. The highest BCUT2D eigenvalue weighted by Crippen LogP contribution is 2.20. The Morgan fingerprint density at radius 2 is 1.90 bits per heavy atom. The first-order valence-electron chi connectivity index (χ1n) is 6.54. The highest BCUT2D eigenvalue weighted by molar-refractivity contribution is 6.51. The van der Waals surface area contributed by atoms with Gasteiger partial charge in [0.05, 0.1) is 11.6 Å². The van der Waals surface area contributed by atoms with E-state index in [0.29, 0.717) is 11.3 Å². The molecule has 112 valence electrons. The highest BCUT2D eigenvalue weighted by Gasteiger charge is 2.21. The SMILES string of the molecule is CCOC(=O)/C(C(=O)C=C(Cl)c1ccccc1)=C(/C)NC. The van der Waals surface area contributed by atoms with Gasteiger partial charge in [0.1, 0.15) is 5.57 Å². The average Bonchev–Trinajstić information content (AvgIpc) is 2.48. The maximum absolute atomic E-state index is 12.3. The number of carbonyl (C=O) groups is 2. The van der Waals surface area contributed by atoms with Crippen LogP contribution in [0, 0.1) is 0 Å². The Bertz CT molecular complexity index is 576. The zero-order chi connectivity index (χ0) is 15.8. The van der Waals surface area contributed by atoms with Crippen molar-refractivity contribution in [1.29, 1.82) is 0 Å². The molecule has 0 fully saturated rings. The van der Waals surface area contributed by atoms with Crippen molar-refractivity contribution in [3.8, 4) is 0 Å². The van der Waals surface area contributed by atoms with Gasteiger partial charge in [0.15, 0.2) is 5.78 Å². The van der Waals surface area contributed by atoms with Crippen LogP contribution < -0.4 is 5.32 Å². The standard InChI is InChI=1S/C16H18ClNO3/c1-4-21-16(20)15(11(2)18-3)14(19)10-13(17)12-8-6-5-7-9-12/h5-10,18H,4H2,1-3H3/b13-10?,15-11-. The van der Waals surface area contributed by atoms with Gasteiger partial charge in [0, 0.05) is 18.8 Å². The van der Waals surface area contributed by atoms with Crippen LogP contribution in [0.1, 0.15) is 19.4 Å². The molecule has 0 unspecified atom stereocenters. The number of ether oxygens (including phenoxy) is 1. The van der Waals surface area contributed by atoms with Crippen LogP contribution in [-0.2, 0) is 14.3 Å². The molecule has 0 saturated heterocycles. The first-order chi connectivity index (χ1) is 10.0. The lowest BCUT2D eigenvalue weighted by molar-refractivity contribution is -0.139. The molecule has 0 amide bonds. The van der Waals surface area contributed by atoms with E-state index in [1.807, 2.05) is 18.2 Å². The molecule has 1 aromatic carbocycles. The molecule has 5 heteroatoms. The molecule has 0 aliphatic carbocycles. The lowest BCUT2D eigenvalue weighted by atomic mass is 10.1. The molecule has 0 heterocycles. The van der Waals surface area contributed by atoms with Crippen molar-refractivity contribution in [3.05, 3.63) is 53.2 Å². The van der Waals surface area contributed by atoms with E-state index in [1.54, 1.807) is 33.0 Å². The van der Waals surface area contributed by atoms with Gasteiger partial charge in [-0.05, 0) is 19.4 Å². The lowest BCUT2D eigenvalue weighted by Gasteiger charge is -2.09. The van der Waals surface area contributed by atoms with Crippen LogP contribution in [0.4, 0.5) is 0 Å². The fraction of sp³-hybridized carbons (Fsp3) is 0.250. The van der Waals surface area contributed by atoms with E-state index >= 15 is 0 Å². The Kier molecular flexibility index (Phi) is 6.69. The number of halogens is 1. The summed E-state index contributed by atoms with van der Waals surface area (Å²) in [6.45, 7) is 3.51. The molecule has 1 N–H and O–H groups in total. The van der Waals surface area contributed by atoms with Gasteiger partial charge in [0.25, 0.3) is 0 Å². The first-order valence-corrected chi connectivity index (χ1v) is 6.91. The molecule has 0 aliphatic heterocycles. The quantitative estimate of drug-likeness (QED) is 0.380. The lowest BCUT2D eigenvalue weighted by Crippen LogP contribution is -2.20. The van der Waals surface area contributed by atoms with E-state index in [4.69, 9.17) is 16.3 Å². The third kappa shape index (κ3) is 4.76. The predicted octanol–water partition coefficient (Wildman–Crippen LogP) is 2.89. The van der Waals surface area contributed by atoms with Crippen molar-refractivity contribution in [2.75, 3.05) is 13.7 Å². The van der Waals surface area contributed by atoms with E-state index in [2.05, 4.69) is 5.32 Å². The van der Waals surface area contributed by atoms with E-state index in [0.717, 1.165) is 0 Å². The molecule has 21 heavy (non-hydrogen) atoms. The third-order valence-corrected chi connectivity index (χ3v) is 3.11. The Labute approximate surface area is 129 Å². The van der Waals surface area contributed by atoms with Crippen LogP contribution in [0.2, 0.25) is 0 Å². The van der Waals surface area contributed by atoms with E-state index < -0.39 is 11.8 Å².